The smallest absolute Gasteiger partial charge is 0.308 e. The maximum absolute atomic E-state index is 11.8. The molecule has 0 unspecified atom stereocenters. The van der Waals surface area contributed by atoms with E-state index >= 15 is 0 Å². The summed E-state index contributed by atoms with van der Waals surface area (Å²) in [6, 6.07) is 11.5. The topological polar surface area (TPSA) is 52.6 Å². The Kier molecular flexibility index (Phi) is 7.12. The molecule has 0 aliphatic carbocycles. The Morgan fingerprint density at radius 3 is 2.33 bits per heavy atom. The molecule has 0 aliphatic heterocycles. The lowest BCUT2D eigenvalue weighted by Crippen LogP contribution is -2.09. The lowest BCUT2D eigenvalue weighted by Gasteiger charge is -2.17. The predicted octanol–water partition coefficient (Wildman–Crippen LogP) is 5.11. The van der Waals surface area contributed by atoms with Crippen molar-refractivity contribution in [3.8, 4) is 11.5 Å². The van der Waals surface area contributed by atoms with E-state index in [1.807, 2.05) is 62.4 Å². The molecule has 0 atom stereocenters. The number of ether oxygens (including phenoxy) is 2. The molecular formula is C23H24O4. The van der Waals surface area contributed by atoms with Gasteiger partial charge in [0.25, 0.3) is 0 Å². The van der Waals surface area contributed by atoms with Crippen LogP contribution in [0.25, 0.3) is 12.2 Å². The van der Waals surface area contributed by atoms with E-state index in [2.05, 4.69) is 0 Å². The van der Waals surface area contributed by atoms with Crippen LogP contribution in [0.15, 0.2) is 48.0 Å². The van der Waals surface area contributed by atoms with Crippen LogP contribution < -0.4 is 9.47 Å². The van der Waals surface area contributed by atoms with Gasteiger partial charge in [-0.3, -0.25) is 9.59 Å². The number of carbonyl (C=O) groups is 2. The molecule has 0 amide bonds. The maximum Gasteiger partial charge on any atom is 0.308 e. The minimum atomic E-state index is -0.484. The van der Waals surface area contributed by atoms with E-state index in [1.54, 1.807) is 13.2 Å². The van der Waals surface area contributed by atoms with Crippen molar-refractivity contribution in [2.75, 3.05) is 7.11 Å². The van der Waals surface area contributed by atoms with Crippen molar-refractivity contribution in [2.45, 2.75) is 27.2 Å². The molecule has 4 nitrogen and oxygen atoms in total. The second kappa shape index (κ2) is 9.53. The zero-order chi connectivity index (χ0) is 19.8. The summed E-state index contributed by atoms with van der Waals surface area (Å²) in [5, 5.41) is 0. The van der Waals surface area contributed by atoms with E-state index in [0.717, 1.165) is 11.1 Å². The molecule has 0 radical (unpaired) electrons. The summed E-state index contributed by atoms with van der Waals surface area (Å²) in [5.41, 5.74) is 3.74. The minimum absolute atomic E-state index is 0.252. The van der Waals surface area contributed by atoms with Gasteiger partial charge in [0.15, 0.2) is 6.29 Å². The van der Waals surface area contributed by atoms with Gasteiger partial charge >= 0.3 is 5.97 Å². The van der Waals surface area contributed by atoms with Crippen molar-refractivity contribution < 1.29 is 19.1 Å². The van der Waals surface area contributed by atoms with Gasteiger partial charge < -0.3 is 9.47 Å². The number of methoxy groups -OCH3 is 1. The molecule has 2 aromatic rings. The number of hydrogen-bond acceptors (Lipinski definition) is 4. The largest absolute Gasteiger partial charge is 0.496 e. The van der Waals surface area contributed by atoms with E-state index in [0.29, 0.717) is 35.1 Å². The van der Waals surface area contributed by atoms with E-state index in [9.17, 15) is 9.59 Å². The van der Waals surface area contributed by atoms with Crippen molar-refractivity contribution in [2.24, 2.45) is 0 Å². The van der Waals surface area contributed by atoms with Gasteiger partial charge in [0.1, 0.15) is 11.5 Å². The summed E-state index contributed by atoms with van der Waals surface area (Å²) in [5.74, 6) is 0.340. The van der Waals surface area contributed by atoms with Crippen molar-refractivity contribution in [1.82, 2.24) is 0 Å². The molecule has 2 aromatic carbocycles. The van der Waals surface area contributed by atoms with Crippen LogP contribution in [0.4, 0.5) is 0 Å². The molecule has 0 spiro atoms. The Morgan fingerprint density at radius 1 is 1.07 bits per heavy atom. The Bertz CT molecular complexity index is 873. The Balaban J connectivity index is 2.63. The summed E-state index contributed by atoms with van der Waals surface area (Å²) in [6.45, 7) is 5.28. The van der Waals surface area contributed by atoms with Gasteiger partial charge in [-0.05, 0) is 37.5 Å². The van der Waals surface area contributed by atoms with E-state index < -0.39 is 5.97 Å². The zero-order valence-corrected chi connectivity index (χ0v) is 16.1. The van der Waals surface area contributed by atoms with E-state index in [4.69, 9.17) is 9.47 Å². The third-order valence-electron chi connectivity index (χ3n) is 3.97. The van der Waals surface area contributed by atoms with Gasteiger partial charge in [-0.25, -0.2) is 0 Å². The number of allylic oxidation sites excluding steroid dienone is 2. The van der Waals surface area contributed by atoms with Crippen LogP contribution in [-0.4, -0.2) is 19.4 Å². The Morgan fingerprint density at radius 2 is 1.78 bits per heavy atom. The minimum Gasteiger partial charge on any atom is -0.496 e. The molecule has 2 rings (SSSR count). The molecule has 0 fully saturated rings. The van der Waals surface area contributed by atoms with Crippen LogP contribution in [0.3, 0.4) is 0 Å². The van der Waals surface area contributed by atoms with Gasteiger partial charge in [-0.15, -0.1) is 0 Å². The van der Waals surface area contributed by atoms with Gasteiger partial charge in [-0.2, -0.15) is 0 Å². The first-order chi connectivity index (χ1) is 13.0. The van der Waals surface area contributed by atoms with E-state index in [1.165, 1.54) is 6.92 Å². The average Bonchev–Trinajstić information content (AvgIpc) is 2.65. The molecule has 27 heavy (non-hydrogen) atoms. The van der Waals surface area contributed by atoms with Crippen LogP contribution in [-0.2, 0) is 11.2 Å². The highest BCUT2D eigenvalue weighted by Crippen LogP contribution is 2.36. The number of esters is 1. The highest BCUT2D eigenvalue weighted by Gasteiger charge is 2.20. The predicted molar refractivity (Wildman–Crippen MR) is 108 cm³/mol. The fraction of sp³-hybridized carbons (Fsp3) is 0.217. The molecular weight excluding hydrogens is 340 g/mol. The molecule has 0 aliphatic rings. The van der Waals surface area contributed by atoms with Gasteiger partial charge in [0.2, 0.25) is 0 Å². The lowest BCUT2D eigenvalue weighted by molar-refractivity contribution is -0.131. The molecule has 4 heteroatoms. The first kappa shape index (κ1) is 20.2. The van der Waals surface area contributed by atoms with Crippen LogP contribution >= 0.6 is 0 Å². The standard InChI is InChI=1S/C23H24O4/c1-16(2)10-13-20-22(26-4)14-19(12-11-18-8-6-5-7-9-18)21(15-24)23(20)27-17(3)25/h5-12,14-15H,13H2,1-4H3/b12-11+. The highest BCUT2D eigenvalue weighted by molar-refractivity contribution is 5.91. The van der Waals surface area contributed by atoms with Gasteiger partial charge in [0, 0.05) is 12.5 Å². The summed E-state index contributed by atoms with van der Waals surface area (Å²) in [4.78, 5) is 23.5. The third-order valence-corrected chi connectivity index (χ3v) is 3.97. The van der Waals surface area contributed by atoms with Crippen LogP contribution in [0.2, 0.25) is 0 Å². The average molecular weight is 364 g/mol. The molecule has 0 heterocycles. The molecule has 0 N–H and O–H groups in total. The second-order valence-corrected chi connectivity index (χ2v) is 6.33. The number of carbonyl (C=O) groups excluding carboxylic acids is 2. The van der Waals surface area contributed by atoms with Gasteiger partial charge in [0.05, 0.1) is 12.7 Å². The zero-order valence-electron chi connectivity index (χ0n) is 16.1. The van der Waals surface area contributed by atoms with Gasteiger partial charge in [-0.1, -0.05) is 54.1 Å². The molecule has 0 saturated heterocycles. The monoisotopic (exact) mass is 364 g/mol. The van der Waals surface area contributed by atoms with Crippen LogP contribution in [0.1, 0.15) is 47.8 Å². The third kappa shape index (κ3) is 5.42. The number of rotatable bonds is 7. The maximum atomic E-state index is 11.8. The lowest BCUT2D eigenvalue weighted by atomic mass is 9.98. The Hall–Kier alpha value is -3.14. The summed E-state index contributed by atoms with van der Waals surface area (Å²) in [6.07, 6.45) is 6.93. The Labute approximate surface area is 160 Å². The van der Waals surface area contributed by atoms with Crippen LogP contribution in [0, 0.1) is 0 Å². The first-order valence-electron chi connectivity index (χ1n) is 8.70. The van der Waals surface area contributed by atoms with Crippen LogP contribution in [0.5, 0.6) is 11.5 Å². The summed E-state index contributed by atoms with van der Waals surface area (Å²) >= 11 is 0. The fourth-order valence-corrected chi connectivity index (χ4v) is 2.66. The normalized spacial score (nSPS) is 10.5. The molecule has 0 saturated carbocycles. The fourth-order valence-electron chi connectivity index (χ4n) is 2.66. The number of benzene rings is 2. The number of hydrogen-bond donors (Lipinski definition) is 0. The summed E-state index contributed by atoms with van der Waals surface area (Å²) < 4.78 is 10.9. The molecule has 140 valence electrons. The summed E-state index contributed by atoms with van der Waals surface area (Å²) in [7, 11) is 1.56. The molecule has 0 bridgehead atoms. The first-order valence-corrected chi connectivity index (χ1v) is 8.70. The van der Waals surface area contributed by atoms with Crippen molar-refractivity contribution in [3.05, 3.63) is 70.3 Å². The highest BCUT2D eigenvalue weighted by atomic mass is 16.5. The van der Waals surface area contributed by atoms with Crippen molar-refractivity contribution >= 4 is 24.4 Å². The van der Waals surface area contributed by atoms with Crippen molar-refractivity contribution in [3.63, 3.8) is 0 Å². The molecule has 0 aromatic heterocycles. The van der Waals surface area contributed by atoms with Crippen molar-refractivity contribution in [1.29, 1.82) is 0 Å². The quantitative estimate of drug-likeness (QED) is 0.225. The number of aldehydes is 1. The SMILES string of the molecule is COc1cc(/C=C/c2ccccc2)c(C=O)c(OC(C)=O)c1CC=C(C)C. The second-order valence-electron chi connectivity index (χ2n) is 6.33. The van der Waals surface area contributed by atoms with E-state index in [-0.39, 0.29) is 5.75 Å².